The first kappa shape index (κ1) is 24.1. The van der Waals surface area contributed by atoms with Gasteiger partial charge in [0.1, 0.15) is 24.7 Å². The molecule has 0 saturated carbocycles. The van der Waals surface area contributed by atoms with Gasteiger partial charge in [-0.2, -0.15) is 0 Å². The van der Waals surface area contributed by atoms with Crippen LogP contribution in [0.15, 0.2) is 77.7 Å². The van der Waals surface area contributed by atoms with Gasteiger partial charge in [0.25, 0.3) is 10.0 Å². The molecule has 0 aliphatic carbocycles. The number of benzene rings is 3. The average molecular weight is 469 g/mol. The molecule has 0 spiro atoms. The van der Waals surface area contributed by atoms with Gasteiger partial charge in [0.05, 0.1) is 24.2 Å². The maximum absolute atomic E-state index is 13.3. The zero-order chi connectivity index (χ0) is 23.8. The lowest BCUT2D eigenvalue weighted by Crippen LogP contribution is -2.41. The number of amides is 1. The van der Waals surface area contributed by atoms with E-state index in [0.29, 0.717) is 11.4 Å². The molecule has 1 amide bonds. The van der Waals surface area contributed by atoms with E-state index in [1.807, 2.05) is 26.0 Å². The van der Waals surface area contributed by atoms with E-state index in [2.05, 4.69) is 11.4 Å². The minimum Gasteiger partial charge on any atom is -0.497 e. The van der Waals surface area contributed by atoms with Gasteiger partial charge < -0.3 is 14.8 Å². The summed E-state index contributed by atoms with van der Waals surface area (Å²) in [6.07, 6.45) is 0. The van der Waals surface area contributed by atoms with Crippen LogP contribution in [-0.2, 0) is 14.8 Å². The molecule has 3 rings (SSSR count). The number of nitrogens with zero attached hydrogens (tertiary/aromatic N) is 1. The van der Waals surface area contributed by atoms with Crippen LogP contribution in [-0.4, -0.2) is 41.1 Å². The van der Waals surface area contributed by atoms with E-state index in [4.69, 9.17) is 9.47 Å². The Balaban J connectivity index is 1.68. The number of carbonyl (C=O) groups is 1. The van der Waals surface area contributed by atoms with Crippen molar-refractivity contribution in [2.24, 2.45) is 0 Å². The zero-order valence-electron chi connectivity index (χ0n) is 18.9. The number of sulfonamides is 1. The van der Waals surface area contributed by atoms with Crippen molar-refractivity contribution in [1.29, 1.82) is 0 Å². The molecule has 0 atom stereocenters. The van der Waals surface area contributed by atoms with Crippen LogP contribution in [0, 0.1) is 13.8 Å². The van der Waals surface area contributed by atoms with Crippen molar-refractivity contribution >= 4 is 21.6 Å². The lowest BCUT2D eigenvalue weighted by molar-refractivity contribution is -0.119. The quantitative estimate of drug-likeness (QED) is 0.459. The summed E-state index contributed by atoms with van der Waals surface area (Å²) in [7, 11) is -2.46. The number of hydrogen-bond acceptors (Lipinski definition) is 5. The van der Waals surface area contributed by atoms with Crippen molar-refractivity contribution in [2.45, 2.75) is 18.7 Å². The van der Waals surface area contributed by atoms with Crippen LogP contribution in [0.5, 0.6) is 11.5 Å². The summed E-state index contributed by atoms with van der Waals surface area (Å²) in [6, 6.07) is 20.5. The number of para-hydroxylation sites is 1. The number of ether oxygens (including phenoxy) is 2. The smallest absolute Gasteiger partial charge is 0.264 e. The summed E-state index contributed by atoms with van der Waals surface area (Å²) in [5, 5.41) is 2.73. The second-order valence-electron chi connectivity index (χ2n) is 7.54. The Kier molecular flexibility index (Phi) is 7.95. The molecule has 174 valence electrons. The molecule has 0 aliphatic rings. The first-order chi connectivity index (χ1) is 15.8. The molecule has 0 aliphatic heterocycles. The molecule has 0 unspecified atom stereocenters. The van der Waals surface area contributed by atoms with Gasteiger partial charge in [0.2, 0.25) is 5.91 Å². The van der Waals surface area contributed by atoms with Crippen LogP contribution in [0.2, 0.25) is 0 Å². The Morgan fingerprint density at radius 1 is 0.909 bits per heavy atom. The van der Waals surface area contributed by atoms with Gasteiger partial charge in [0, 0.05) is 0 Å². The molecule has 0 saturated heterocycles. The van der Waals surface area contributed by atoms with E-state index in [-0.39, 0.29) is 24.6 Å². The van der Waals surface area contributed by atoms with Gasteiger partial charge in [-0.3, -0.25) is 9.10 Å². The molecule has 3 aromatic rings. The molecule has 0 radical (unpaired) electrons. The summed E-state index contributed by atoms with van der Waals surface area (Å²) < 4.78 is 38.6. The van der Waals surface area contributed by atoms with E-state index in [9.17, 15) is 13.2 Å². The Bertz CT molecular complexity index is 1160. The summed E-state index contributed by atoms with van der Waals surface area (Å²) >= 11 is 0. The fourth-order valence-electron chi connectivity index (χ4n) is 3.35. The molecule has 7 nitrogen and oxygen atoms in total. The Labute approximate surface area is 195 Å². The molecule has 0 bridgehead atoms. The number of hydrogen-bond donors (Lipinski definition) is 1. The van der Waals surface area contributed by atoms with Crippen LogP contribution >= 0.6 is 0 Å². The first-order valence-corrected chi connectivity index (χ1v) is 11.9. The number of carbonyl (C=O) groups excluding carboxylic acids is 1. The largest absolute Gasteiger partial charge is 0.497 e. The number of nitrogens with one attached hydrogen (secondary N) is 1. The third-order valence-corrected chi connectivity index (χ3v) is 6.66. The molecule has 33 heavy (non-hydrogen) atoms. The highest BCUT2D eigenvalue weighted by atomic mass is 32.2. The average Bonchev–Trinajstić information content (AvgIpc) is 2.80. The normalized spacial score (nSPS) is 11.0. The number of aryl methyl sites for hydroxylation is 2. The third-order valence-electron chi connectivity index (χ3n) is 4.87. The van der Waals surface area contributed by atoms with E-state index >= 15 is 0 Å². The number of methoxy groups -OCH3 is 1. The molecule has 8 heteroatoms. The fourth-order valence-corrected chi connectivity index (χ4v) is 4.77. The number of rotatable bonds is 10. The van der Waals surface area contributed by atoms with Gasteiger partial charge >= 0.3 is 0 Å². The van der Waals surface area contributed by atoms with Crippen molar-refractivity contribution < 1.29 is 22.7 Å². The first-order valence-electron chi connectivity index (χ1n) is 10.5. The summed E-state index contributed by atoms with van der Waals surface area (Å²) in [6.45, 7) is 4.14. The SMILES string of the molecule is COc1ccc(S(=O)(=O)N(CC(=O)NCCOc2cc(C)cc(C)c2)c2ccccc2)cc1. The lowest BCUT2D eigenvalue weighted by Gasteiger charge is -2.24. The van der Waals surface area contributed by atoms with E-state index in [1.165, 1.54) is 19.2 Å². The predicted molar refractivity (Wildman–Crippen MR) is 128 cm³/mol. The van der Waals surface area contributed by atoms with Crippen molar-refractivity contribution in [1.82, 2.24) is 5.32 Å². The van der Waals surface area contributed by atoms with Crippen LogP contribution in [0.1, 0.15) is 11.1 Å². The van der Waals surface area contributed by atoms with Gasteiger partial charge in [-0.25, -0.2) is 8.42 Å². The zero-order valence-corrected chi connectivity index (χ0v) is 19.8. The summed E-state index contributed by atoms with van der Waals surface area (Å²) in [5.41, 5.74) is 2.59. The van der Waals surface area contributed by atoms with Gasteiger partial charge in [-0.1, -0.05) is 24.3 Å². The molecular weight excluding hydrogens is 440 g/mol. The van der Waals surface area contributed by atoms with Gasteiger partial charge in [-0.05, 0) is 73.5 Å². The van der Waals surface area contributed by atoms with E-state index < -0.39 is 15.9 Å². The maximum Gasteiger partial charge on any atom is 0.264 e. The van der Waals surface area contributed by atoms with Crippen LogP contribution < -0.4 is 19.1 Å². The van der Waals surface area contributed by atoms with E-state index in [0.717, 1.165) is 21.2 Å². The van der Waals surface area contributed by atoms with E-state index in [1.54, 1.807) is 42.5 Å². The number of anilines is 1. The fraction of sp³-hybridized carbons (Fsp3) is 0.240. The second kappa shape index (κ2) is 10.9. The van der Waals surface area contributed by atoms with Crippen molar-refractivity contribution in [3.63, 3.8) is 0 Å². The Morgan fingerprint density at radius 2 is 1.55 bits per heavy atom. The Morgan fingerprint density at radius 3 is 2.15 bits per heavy atom. The van der Waals surface area contributed by atoms with Crippen LogP contribution in [0.4, 0.5) is 5.69 Å². The van der Waals surface area contributed by atoms with Gasteiger partial charge in [-0.15, -0.1) is 0 Å². The predicted octanol–water partition coefficient (Wildman–Crippen LogP) is 3.70. The lowest BCUT2D eigenvalue weighted by atomic mass is 10.1. The monoisotopic (exact) mass is 468 g/mol. The van der Waals surface area contributed by atoms with Crippen molar-refractivity contribution in [3.05, 3.63) is 83.9 Å². The van der Waals surface area contributed by atoms with Crippen molar-refractivity contribution in [2.75, 3.05) is 31.1 Å². The minimum absolute atomic E-state index is 0.0677. The molecule has 0 fully saturated rings. The highest BCUT2D eigenvalue weighted by Crippen LogP contribution is 2.24. The standard InChI is InChI=1S/C25H28N2O5S/c1-19-15-20(2)17-23(16-19)32-14-13-26-25(28)18-27(21-7-5-4-6-8-21)33(29,30)24-11-9-22(31-3)10-12-24/h4-12,15-17H,13-14,18H2,1-3H3,(H,26,28). The minimum atomic E-state index is -3.97. The van der Waals surface area contributed by atoms with Crippen LogP contribution in [0.25, 0.3) is 0 Å². The summed E-state index contributed by atoms with van der Waals surface area (Å²) in [5.74, 6) is 0.844. The maximum atomic E-state index is 13.3. The summed E-state index contributed by atoms with van der Waals surface area (Å²) in [4.78, 5) is 12.7. The second-order valence-corrected chi connectivity index (χ2v) is 9.41. The molecule has 3 aromatic carbocycles. The van der Waals surface area contributed by atoms with Crippen LogP contribution in [0.3, 0.4) is 0 Å². The highest BCUT2D eigenvalue weighted by molar-refractivity contribution is 7.92. The molecular formula is C25H28N2O5S. The Hall–Kier alpha value is -3.52. The molecule has 1 N–H and O–H groups in total. The van der Waals surface area contributed by atoms with Crippen molar-refractivity contribution in [3.8, 4) is 11.5 Å². The molecule has 0 aromatic heterocycles. The topological polar surface area (TPSA) is 84.9 Å². The third kappa shape index (κ3) is 6.49. The molecule has 0 heterocycles. The van der Waals surface area contributed by atoms with Gasteiger partial charge in [0.15, 0.2) is 0 Å². The highest BCUT2D eigenvalue weighted by Gasteiger charge is 2.27.